The number of carbonyl (C=O) groups is 2. The fraction of sp³-hybridized carbons (Fsp3) is 0.500. The van der Waals surface area contributed by atoms with Gasteiger partial charge in [0.2, 0.25) is 5.91 Å². The van der Waals surface area contributed by atoms with Crippen molar-refractivity contribution in [1.82, 2.24) is 9.47 Å². The van der Waals surface area contributed by atoms with Crippen LogP contribution in [0.25, 0.3) is 10.9 Å². The van der Waals surface area contributed by atoms with Gasteiger partial charge in [-0.25, -0.2) is 9.69 Å². The van der Waals surface area contributed by atoms with Crippen LogP contribution in [0.3, 0.4) is 0 Å². The van der Waals surface area contributed by atoms with Crippen LogP contribution in [-0.2, 0) is 22.0 Å². The molecule has 5 nitrogen and oxygen atoms in total. The molecule has 0 radical (unpaired) electrons. The molecule has 0 saturated carbocycles. The van der Waals surface area contributed by atoms with Crippen molar-refractivity contribution >= 4 is 22.9 Å². The van der Waals surface area contributed by atoms with E-state index in [4.69, 9.17) is 4.74 Å². The molecule has 2 aromatic rings. The topological polar surface area (TPSA) is 51.5 Å². The summed E-state index contributed by atoms with van der Waals surface area (Å²) < 4.78 is 7.20. The smallest absolute Gasteiger partial charge is 0.416 e. The van der Waals surface area contributed by atoms with Crippen LogP contribution < -0.4 is 0 Å². The van der Waals surface area contributed by atoms with Crippen molar-refractivity contribution in [2.24, 2.45) is 13.0 Å². The number of cyclic esters (lactones) is 1. The van der Waals surface area contributed by atoms with E-state index >= 15 is 0 Å². The van der Waals surface area contributed by atoms with Gasteiger partial charge in [0.1, 0.15) is 6.61 Å². The lowest BCUT2D eigenvalue weighted by Gasteiger charge is -2.28. The fourth-order valence-corrected chi connectivity index (χ4v) is 3.65. The molecule has 1 atom stereocenters. The average molecular weight is 342 g/mol. The summed E-state index contributed by atoms with van der Waals surface area (Å²) in [5, 5.41) is 1.15. The van der Waals surface area contributed by atoms with Gasteiger partial charge >= 0.3 is 6.09 Å². The molecule has 1 aliphatic heterocycles. The van der Waals surface area contributed by atoms with Gasteiger partial charge in [-0.15, -0.1) is 0 Å². The number of para-hydroxylation sites is 1. The number of ether oxygens (including phenoxy) is 1. The Morgan fingerprint density at radius 3 is 2.68 bits per heavy atom. The maximum atomic E-state index is 12.9. The highest BCUT2D eigenvalue weighted by molar-refractivity contribution is 5.95. The van der Waals surface area contributed by atoms with Crippen molar-refractivity contribution in [3.63, 3.8) is 0 Å². The number of fused-ring (bicyclic) bond motifs is 1. The molecule has 0 aliphatic carbocycles. The van der Waals surface area contributed by atoms with E-state index in [-0.39, 0.29) is 36.3 Å². The van der Waals surface area contributed by atoms with Crippen molar-refractivity contribution in [1.29, 1.82) is 0 Å². The van der Waals surface area contributed by atoms with Gasteiger partial charge in [-0.05, 0) is 17.5 Å². The number of rotatable bonds is 4. The summed E-state index contributed by atoms with van der Waals surface area (Å²) in [5.74, 6) is 0.00945. The Labute approximate surface area is 148 Å². The lowest BCUT2D eigenvalue weighted by molar-refractivity contribution is -0.130. The lowest BCUT2D eigenvalue weighted by Crippen LogP contribution is -2.43. The van der Waals surface area contributed by atoms with Gasteiger partial charge < -0.3 is 9.30 Å². The van der Waals surface area contributed by atoms with E-state index in [1.54, 1.807) is 0 Å². The first kappa shape index (κ1) is 17.5. The van der Waals surface area contributed by atoms with Crippen LogP contribution in [0.5, 0.6) is 0 Å². The third-order valence-electron chi connectivity index (χ3n) is 5.16. The lowest BCUT2D eigenvalue weighted by atomic mass is 9.80. The number of hydrogen-bond acceptors (Lipinski definition) is 3. The van der Waals surface area contributed by atoms with Crippen LogP contribution >= 0.6 is 0 Å². The van der Waals surface area contributed by atoms with Gasteiger partial charge in [-0.3, -0.25) is 4.79 Å². The molecule has 1 saturated heterocycles. The van der Waals surface area contributed by atoms with E-state index in [2.05, 4.69) is 36.7 Å². The largest absolute Gasteiger partial charge is 0.447 e. The maximum Gasteiger partial charge on any atom is 0.416 e. The predicted octanol–water partition coefficient (Wildman–Crippen LogP) is 3.85. The Bertz CT molecular complexity index is 819. The van der Waals surface area contributed by atoms with E-state index in [0.29, 0.717) is 0 Å². The van der Waals surface area contributed by atoms with E-state index in [0.717, 1.165) is 16.5 Å². The second kappa shape index (κ2) is 6.21. The van der Waals surface area contributed by atoms with Crippen molar-refractivity contribution in [2.75, 3.05) is 6.61 Å². The molecular formula is C20H26N2O3. The SMILES string of the molecule is CC(C)C1COC(=O)N1C(=O)CC(C)(C)c1cn(C)c2ccccc12. The normalized spacial score (nSPS) is 18.2. The zero-order chi connectivity index (χ0) is 18.4. The number of nitrogens with zero attached hydrogens (tertiary/aromatic N) is 2. The first-order chi connectivity index (χ1) is 11.7. The van der Waals surface area contributed by atoms with Crippen molar-refractivity contribution in [3.05, 3.63) is 36.0 Å². The minimum absolute atomic E-state index is 0.167. The van der Waals surface area contributed by atoms with Gasteiger partial charge in [0.15, 0.2) is 0 Å². The highest BCUT2D eigenvalue weighted by atomic mass is 16.6. The highest BCUT2D eigenvalue weighted by Gasteiger charge is 2.41. The Morgan fingerprint density at radius 2 is 2.00 bits per heavy atom. The zero-order valence-electron chi connectivity index (χ0n) is 15.6. The quantitative estimate of drug-likeness (QED) is 0.848. The highest BCUT2D eigenvalue weighted by Crippen LogP contribution is 2.35. The monoisotopic (exact) mass is 342 g/mol. The molecule has 1 aromatic carbocycles. The Kier molecular flexibility index (Phi) is 4.35. The van der Waals surface area contributed by atoms with Crippen molar-refractivity contribution in [3.8, 4) is 0 Å². The summed E-state index contributed by atoms with van der Waals surface area (Å²) in [6.45, 7) is 8.40. The molecule has 134 valence electrons. The third kappa shape index (κ3) is 3.03. The molecule has 0 bridgehead atoms. The van der Waals surface area contributed by atoms with Gasteiger partial charge in [0.25, 0.3) is 0 Å². The molecule has 2 amide bonds. The van der Waals surface area contributed by atoms with Gasteiger partial charge in [0.05, 0.1) is 6.04 Å². The molecule has 3 rings (SSSR count). The number of imide groups is 1. The second-order valence-corrected chi connectivity index (χ2v) is 7.88. The van der Waals surface area contributed by atoms with Crippen LogP contribution in [0.2, 0.25) is 0 Å². The molecule has 0 N–H and O–H groups in total. The summed E-state index contributed by atoms with van der Waals surface area (Å²) in [6, 6.07) is 8.00. The molecule has 25 heavy (non-hydrogen) atoms. The standard InChI is InChI=1S/C20H26N2O3/c1-13(2)17-12-25-19(24)22(17)18(23)10-20(3,4)15-11-21(5)16-9-7-6-8-14(15)16/h6-9,11,13,17H,10,12H2,1-5H3. The first-order valence-electron chi connectivity index (χ1n) is 8.75. The van der Waals surface area contributed by atoms with E-state index < -0.39 is 6.09 Å². The Hall–Kier alpha value is -2.30. The van der Waals surface area contributed by atoms with E-state index in [1.165, 1.54) is 4.90 Å². The molecule has 1 aliphatic rings. The summed E-state index contributed by atoms with van der Waals surface area (Å²) in [4.78, 5) is 26.3. The number of benzene rings is 1. The Morgan fingerprint density at radius 1 is 1.32 bits per heavy atom. The van der Waals surface area contributed by atoms with Crippen molar-refractivity contribution < 1.29 is 14.3 Å². The first-order valence-corrected chi connectivity index (χ1v) is 8.75. The molecule has 0 spiro atoms. The van der Waals surface area contributed by atoms with E-state index in [9.17, 15) is 9.59 Å². The van der Waals surface area contributed by atoms with Crippen LogP contribution in [-0.4, -0.2) is 34.1 Å². The second-order valence-electron chi connectivity index (χ2n) is 7.88. The minimum atomic E-state index is -0.516. The summed E-state index contributed by atoms with van der Waals surface area (Å²) in [7, 11) is 2.01. The van der Waals surface area contributed by atoms with Crippen LogP contribution in [0.15, 0.2) is 30.5 Å². The summed E-state index contributed by atoms with van der Waals surface area (Å²) >= 11 is 0. The summed E-state index contributed by atoms with van der Waals surface area (Å²) in [6.07, 6.45) is 1.83. The number of aromatic nitrogens is 1. The van der Waals surface area contributed by atoms with E-state index in [1.807, 2.05) is 33.0 Å². The van der Waals surface area contributed by atoms with Crippen molar-refractivity contribution in [2.45, 2.75) is 45.6 Å². The summed E-state index contributed by atoms with van der Waals surface area (Å²) in [5.41, 5.74) is 1.87. The average Bonchev–Trinajstić information content (AvgIpc) is 3.09. The fourth-order valence-electron chi connectivity index (χ4n) is 3.65. The molecule has 1 unspecified atom stereocenters. The number of aryl methyl sites for hydroxylation is 1. The number of hydrogen-bond donors (Lipinski definition) is 0. The van der Waals surface area contributed by atoms with Gasteiger partial charge in [0, 0.05) is 36.0 Å². The van der Waals surface area contributed by atoms with Crippen LogP contribution in [0.1, 0.15) is 39.7 Å². The molecule has 5 heteroatoms. The van der Waals surface area contributed by atoms with Gasteiger partial charge in [-0.1, -0.05) is 45.9 Å². The van der Waals surface area contributed by atoms with Gasteiger partial charge in [-0.2, -0.15) is 0 Å². The molecule has 1 fully saturated rings. The molecular weight excluding hydrogens is 316 g/mol. The number of amides is 2. The predicted molar refractivity (Wildman–Crippen MR) is 97.4 cm³/mol. The molecule has 1 aromatic heterocycles. The maximum absolute atomic E-state index is 12.9. The Balaban J connectivity index is 1.90. The number of carbonyl (C=O) groups excluding carboxylic acids is 2. The van der Waals surface area contributed by atoms with Crippen LogP contribution in [0.4, 0.5) is 4.79 Å². The molecule has 2 heterocycles. The zero-order valence-corrected chi connectivity index (χ0v) is 15.6. The minimum Gasteiger partial charge on any atom is -0.447 e. The third-order valence-corrected chi connectivity index (χ3v) is 5.16. The van der Waals surface area contributed by atoms with Crippen LogP contribution in [0, 0.1) is 5.92 Å².